The number of carbonyl (C=O) groups excluding carboxylic acids is 4. The number of fused-ring (bicyclic) bond motifs is 5. The highest BCUT2D eigenvalue weighted by molar-refractivity contribution is 6.15. The van der Waals surface area contributed by atoms with Crippen molar-refractivity contribution in [3.8, 4) is 0 Å². The van der Waals surface area contributed by atoms with Gasteiger partial charge in [-0.05, 0) is 19.4 Å². The number of hydrogen-bond donors (Lipinski definition) is 0. The fourth-order valence-electron chi connectivity index (χ4n) is 5.03. The van der Waals surface area contributed by atoms with E-state index in [4.69, 9.17) is 0 Å². The van der Waals surface area contributed by atoms with E-state index in [1.165, 1.54) is 14.1 Å². The van der Waals surface area contributed by atoms with Gasteiger partial charge in [-0.3, -0.25) is 33.9 Å². The summed E-state index contributed by atoms with van der Waals surface area (Å²) in [5.74, 6) is -2.24. The summed E-state index contributed by atoms with van der Waals surface area (Å²) >= 11 is 0. The van der Waals surface area contributed by atoms with Gasteiger partial charge in [-0.15, -0.1) is 0 Å². The van der Waals surface area contributed by atoms with Crippen molar-refractivity contribution in [1.82, 2.24) is 14.7 Å². The zero-order valence-corrected chi connectivity index (χ0v) is 12.7. The van der Waals surface area contributed by atoms with Gasteiger partial charge in [0.15, 0.2) is 0 Å². The van der Waals surface area contributed by atoms with E-state index in [1.54, 1.807) is 0 Å². The molecule has 0 unspecified atom stereocenters. The minimum Gasteiger partial charge on any atom is -0.285 e. The van der Waals surface area contributed by atoms with Gasteiger partial charge in [-0.2, -0.15) is 0 Å². The van der Waals surface area contributed by atoms with Crippen molar-refractivity contribution in [1.29, 1.82) is 0 Å². The number of rotatable bonds is 0. The average molecular weight is 305 g/mol. The lowest BCUT2D eigenvalue weighted by atomic mass is 9.78. The monoisotopic (exact) mass is 305 g/mol. The molecule has 7 heteroatoms. The van der Waals surface area contributed by atoms with Gasteiger partial charge in [0.05, 0.1) is 18.3 Å². The minimum absolute atomic E-state index is 0.0207. The van der Waals surface area contributed by atoms with Gasteiger partial charge in [-0.25, -0.2) is 0 Å². The summed E-state index contributed by atoms with van der Waals surface area (Å²) in [4.78, 5) is 54.5. The van der Waals surface area contributed by atoms with Crippen LogP contribution in [0, 0.1) is 11.8 Å². The maximum absolute atomic E-state index is 12.9. The molecule has 0 radical (unpaired) electrons. The lowest BCUT2D eigenvalue weighted by molar-refractivity contribution is -0.148. The van der Waals surface area contributed by atoms with Crippen LogP contribution in [0.1, 0.15) is 25.7 Å². The molecule has 118 valence electrons. The summed E-state index contributed by atoms with van der Waals surface area (Å²) in [6, 6.07) is -0.0941. The summed E-state index contributed by atoms with van der Waals surface area (Å²) < 4.78 is 0. The average Bonchev–Trinajstić information content (AvgIpc) is 3.02. The lowest BCUT2D eigenvalue weighted by Gasteiger charge is -2.41. The number of piperidine rings is 1. The third kappa shape index (κ3) is 1.31. The molecular weight excluding hydrogens is 286 g/mol. The molecule has 1 spiro atoms. The summed E-state index contributed by atoms with van der Waals surface area (Å²) in [5, 5.41) is 0. The van der Waals surface area contributed by atoms with E-state index in [0.29, 0.717) is 6.54 Å². The molecule has 4 aliphatic rings. The highest BCUT2D eigenvalue weighted by Crippen LogP contribution is 2.55. The molecule has 0 aliphatic carbocycles. The Morgan fingerprint density at radius 3 is 2.36 bits per heavy atom. The van der Waals surface area contributed by atoms with Crippen molar-refractivity contribution in [3.05, 3.63) is 0 Å². The number of amides is 4. The zero-order chi connectivity index (χ0) is 15.8. The summed E-state index contributed by atoms with van der Waals surface area (Å²) in [6.45, 7) is 0.675. The van der Waals surface area contributed by atoms with Gasteiger partial charge in [0.1, 0.15) is 5.54 Å². The van der Waals surface area contributed by atoms with Crippen LogP contribution < -0.4 is 0 Å². The molecule has 4 rings (SSSR count). The SMILES string of the molecule is CN1C(=O)[C@H]2[C@H]3CCCCN3[C@]3(CC(=O)N(C)C3=O)[C@H]2C1=O. The third-order valence-corrected chi connectivity index (χ3v) is 6.03. The van der Waals surface area contributed by atoms with Gasteiger partial charge in [0, 0.05) is 20.1 Å². The summed E-state index contributed by atoms with van der Waals surface area (Å²) in [7, 11) is 2.95. The fourth-order valence-corrected chi connectivity index (χ4v) is 5.03. The van der Waals surface area contributed by atoms with Crippen molar-refractivity contribution >= 4 is 23.6 Å². The first-order valence-corrected chi connectivity index (χ1v) is 7.80. The second-order valence-corrected chi connectivity index (χ2v) is 6.85. The molecule has 4 heterocycles. The number of imide groups is 2. The van der Waals surface area contributed by atoms with Crippen molar-refractivity contribution in [2.75, 3.05) is 20.6 Å². The fraction of sp³-hybridized carbons (Fsp3) is 0.733. The highest BCUT2D eigenvalue weighted by atomic mass is 16.2. The normalized spacial score (nSPS) is 41.8. The molecule has 0 bridgehead atoms. The van der Waals surface area contributed by atoms with Crippen LogP contribution in [0.25, 0.3) is 0 Å². The topological polar surface area (TPSA) is 78.0 Å². The maximum Gasteiger partial charge on any atom is 0.250 e. The second-order valence-electron chi connectivity index (χ2n) is 6.85. The van der Waals surface area contributed by atoms with Crippen LogP contribution in [0.2, 0.25) is 0 Å². The Labute approximate surface area is 128 Å². The molecule has 4 saturated heterocycles. The quantitative estimate of drug-likeness (QED) is 0.548. The maximum atomic E-state index is 12.9. The minimum atomic E-state index is -1.13. The van der Waals surface area contributed by atoms with Crippen LogP contribution in [0.4, 0.5) is 0 Å². The van der Waals surface area contributed by atoms with Crippen LogP contribution in [0.3, 0.4) is 0 Å². The van der Waals surface area contributed by atoms with E-state index >= 15 is 0 Å². The van der Waals surface area contributed by atoms with E-state index in [1.807, 2.05) is 4.90 Å². The van der Waals surface area contributed by atoms with Crippen molar-refractivity contribution in [3.63, 3.8) is 0 Å². The molecule has 0 aromatic rings. The van der Waals surface area contributed by atoms with Crippen LogP contribution >= 0.6 is 0 Å². The summed E-state index contributed by atoms with van der Waals surface area (Å²) in [6.07, 6.45) is 2.75. The first-order chi connectivity index (χ1) is 10.4. The van der Waals surface area contributed by atoms with Crippen molar-refractivity contribution in [2.24, 2.45) is 11.8 Å². The Kier molecular flexibility index (Phi) is 2.62. The summed E-state index contributed by atoms with van der Waals surface area (Å²) in [5.41, 5.74) is -1.13. The molecule has 4 aliphatic heterocycles. The number of nitrogens with zero attached hydrogens (tertiary/aromatic N) is 3. The Morgan fingerprint density at radius 1 is 1.00 bits per heavy atom. The molecule has 0 aromatic heterocycles. The Balaban J connectivity index is 1.90. The zero-order valence-electron chi connectivity index (χ0n) is 12.7. The van der Waals surface area contributed by atoms with Gasteiger partial charge in [0.2, 0.25) is 17.7 Å². The number of hydrogen-bond acceptors (Lipinski definition) is 5. The molecule has 4 atom stereocenters. The molecule has 7 nitrogen and oxygen atoms in total. The number of likely N-dealkylation sites (tertiary alicyclic amines) is 2. The largest absolute Gasteiger partial charge is 0.285 e. The third-order valence-electron chi connectivity index (χ3n) is 6.03. The van der Waals surface area contributed by atoms with Gasteiger partial charge in [0.25, 0.3) is 5.91 Å². The van der Waals surface area contributed by atoms with Crippen molar-refractivity contribution < 1.29 is 19.2 Å². The van der Waals surface area contributed by atoms with Crippen LogP contribution in [-0.2, 0) is 19.2 Å². The Morgan fingerprint density at radius 2 is 1.73 bits per heavy atom. The van der Waals surface area contributed by atoms with E-state index < -0.39 is 17.4 Å². The molecule has 4 amide bonds. The van der Waals surface area contributed by atoms with E-state index in [9.17, 15) is 19.2 Å². The predicted molar refractivity (Wildman–Crippen MR) is 74.2 cm³/mol. The molecule has 4 fully saturated rings. The van der Waals surface area contributed by atoms with Crippen LogP contribution in [0.5, 0.6) is 0 Å². The Bertz CT molecular complexity index is 618. The molecule has 0 aromatic carbocycles. The van der Waals surface area contributed by atoms with Crippen LogP contribution in [0.15, 0.2) is 0 Å². The molecule has 0 N–H and O–H groups in total. The molecular formula is C15H19N3O4. The first kappa shape index (κ1) is 13.9. The number of likely N-dealkylation sites (N-methyl/N-ethyl adjacent to an activating group) is 1. The van der Waals surface area contributed by atoms with E-state index in [0.717, 1.165) is 29.1 Å². The van der Waals surface area contributed by atoms with E-state index in [2.05, 4.69) is 0 Å². The molecule has 22 heavy (non-hydrogen) atoms. The lowest BCUT2D eigenvalue weighted by Crippen LogP contribution is -2.58. The van der Waals surface area contributed by atoms with Gasteiger partial charge in [-0.1, -0.05) is 6.42 Å². The van der Waals surface area contributed by atoms with Gasteiger partial charge >= 0.3 is 0 Å². The smallest absolute Gasteiger partial charge is 0.250 e. The van der Waals surface area contributed by atoms with Crippen LogP contribution in [-0.4, -0.2) is 70.5 Å². The van der Waals surface area contributed by atoms with Gasteiger partial charge < -0.3 is 0 Å². The molecule has 0 saturated carbocycles. The standard InChI is InChI=1S/C15H19N3O4/c1-16-9(19)7-15(14(16)22)11-10(12(20)17(2)13(11)21)8-5-3-4-6-18(8)15/h8,10-11H,3-7H2,1-2H3/t8-,10+,11-,15-/m1/s1. The van der Waals surface area contributed by atoms with Crippen molar-refractivity contribution in [2.45, 2.75) is 37.3 Å². The highest BCUT2D eigenvalue weighted by Gasteiger charge is 2.74. The predicted octanol–water partition coefficient (Wildman–Crippen LogP) is -0.787. The Hall–Kier alpha value is -1.76. The number of carbonyl (C=O) groups is 4. The second kappa shape index (κ2) is 4.16. The first-order valence-electron chi connectivity index (χ1n) is 7.80. The van der Waals surface area contributed by atoms with E-state index in [-0.39, 0.29) is 36.1 Å².